The Morgan fingerprint density at radius 1 is 1.30 bits per heavy atom. The molecule has 0 saturated carbocycles. The first-order valence-electron chi connectivity index (χ1n) is 4.18. The fourth-order valence-corrected chi connectivity index (χ4v) is 1.08. The molecule has 10 heavy (non-hydrogen) atoms. The van der Waals surface area contributed by atoms with Crippen molar-refractivity contribution in [2.24, 2.45) is 0 Å². The van der Waals surface area contributed by atoms with E-state index in [-0.39, 0.29) is 0 Å². The molecule has 0 atom stereocenters. The van der Waals surface area contributed by atoms with E-state index >= 15 is 0 Å². The second-order valence-electron chi connectivity index (χ2n) is 2.82. The van der Waals surface area contributed by atoms with Crippen molar-refractivity contribution in [1.29, 1.82) is 0 Å². The Hall–Kier alpha value is 0.272. The highest BCUT2D eigenvalue weighted by Gasteiger charge is 1.87. The Bertz CT molecular complexity index is 94.9. The summed E-state index contributed by atoms with van der Waals surface area (Å²) in [5.41, 5.74) is 1.50. The minimum absolute atomic E-state index is 1.28. The third kappa shape index (κ3) is 6.39. The second kappa shape index (κ2) is 7.38. The van der Waals surface area contributed by atoms with Crippen molar-refractivity contribution in [3.63, 3.8) is 0 Å². The van der Waals surface area contributed by atoms with Crippen LogP contribution in [0, 0.1) is 0 Å². The fourth-order valence-electron chi connectivity index (χ4n) is 0.914. The van der Waals surface area contributed by atoms with E-state index in [0.717, 1.165) is 0 Å². The Morgan fingerprint density at radius 3 is 2.50 bits per heavy atom. The molecule has 0 aromatic carbocycles. The summed E-state index contributed by atoms with van der Waals surface area (Å²) in [5, 5.41) is 0. The Morgan fingerprint density at radius 2 is 2.00 bits per heavy atom. The van der Waals surface area contributed by atoms with Gasteiger partial charge in [0.2, 0.25) is 0 Å². The molecule has 0 aliphatic heterocycles. The molecule has 2 radical (unpaired) electrons. The van der Waals surface area contributed by atoms with Crippen LogP contribution in [-0.4, -0.2) is 16.3 Å². The first kappa shape index (κ1) is 10.3. The van der Waals surface area contributed by atoms with Crippen LogP contribution in [0.3, 0.4) is 0 Å². The van der Waals surface area contributed by atoms with Gasteiger partial charge in [0.25, 0.3) is 0 Å². The highest BCUT2D eigenvalue weighted by molar-refractivity contribution is 6.17. The van der Waals surface area contributed by atoms with Crippen molar-refractivity contribution in [3.05, 3.63) is 10.5 Å². The SMILES string of the molecule is CCCCCC/C(C)=[CH]/[Al]. The zero-order valence-electron chi connectivity index (χ0n) is 7.19. The van der Waals surface area contributed by atoms with Crippen molar-refractivity contribution in [2.45, 2.75) is 46.0 Å². The van der Waals surface area contributed by atoms with Gasteiger partial charge in [0, 0.05) is 0 Å². The van der Waals surface area contributed by atoms with Gasteiger partial charge in [0.05, 0.1) is 0 Å². The molecule has 0 aliphatic carbocycles. The van der Waals surface area contributed by atoms with E-state index in [1.165, 1.54) is 37.7 Å². The molecular weight excluding hydrogens is 135 g/mol. The summed E-state index contributed by atoms with van der Waals surface area (Å²) in [6.07, 6.45) is 6.77. The molecule has 0 aromatic rings. The van der Waals surface area contributed by atoms with Crippen LogP contribution >= 0.6 is 0 Å². The maximum absolute atomic E-state index is 2.65. The van der Waals surface area contributed by atoms with Gasteiger partial charge < -0.3 is 0 Å². The van der Waals surface area contributed by atoms with Crippen LogP contribution in [0.1, 0.15) is 46.0 Å². The number of hydrogen-bond acceptors (Lipinski definition) is 0. The van der Waals surface area contributed by atoms with Crippen molar-refractivity contribution in [3.8, 4) is 0 Å². The molecule has 56 valence electrons. The van der Waals surface area contributed by atoms with Crippen molar-refractivity contribution < 1.29 is 0 Å². The standard InChI is InChI=1S/C9H17.Al/c1-4-5-6-7-8-9(2)3;/h2H,4-8H2,1,3H3;. The fraction of sp³-hybridized carbons (Fsp3) is 0.778. The summed E-state index contributed by atoms with van der Waals surface area (Å²) in [5.74, 6) is 0. The highest BCUT2D eigenvalue weighted by Crippen LogP contribution is 2.07. The smallest absolute Gasteiger partial charge is 0.162 e. The third-order valence-electron chi connectivity index (χ3n) is 1.71. The molecule has 0 unspecified atom stereocenters. The van der Waals surface area contributed by atoms with E-state index in [2.05, 4.69) is 35.1 Å². The van der Waals surface area contributed by atoms with E-state index in [1.807, 2.05) is 0 Å². The Kier molecular flexibility index (Phi) is 7.58. The summed E-state index contributed by atoms with van der Waals surface area (Å²) in [4.78, 5) is 2.13. The third-order valence-corrected chi connectivity index (χ3v) is 2.28. The average Bonchev–Trinajstić information content (AvgIpc) is 1.98. The summed E-state index contributed by atoms with van der Waals surface area (Å²) in [6, 6.07) is 0. The minimum atomic E-state index is 1.28. The lowest BCUT2D eigenvalue weighted by molar-refractivity contribution is 0.665. The van der Waals surface area contributed by atoms with Crippen LogP contribution in [0.5, 0.6) is 0 Å². The van der Waals surface area contributed by atoms with Gasteiger partial charge in [-0.3, -0.25) is 0 Å². The first-order chi connectivity index (χ1) is 4.81. The first-order valence-corrected chi connectivity index (χ1v) is 4.85. The van der Waals surface area contributed by atoms with Crippen LogP contribution < -0.4 is 0 Å². The molecule has 0 nitrogen and oxygen atoms in total. The van der Waals surface area contributed by atoms with Gasteiger partial charge in [-0.25, -0.2) is 0 Å². The van der Waals surface area contributed by atoms with Crippen LogP contribution in [0.15, 0.2) is 10.5 Å². The number of unbranched alkanes of at least 4 members (excludes halogenated alkanes) is 3. The van der Waals surface area contributed by atoms with Gasteiger partial charge >= 0.3 is 0 Å². The lowest BCUT2D eigenvalue weighted by atomic mass is 10.1. The van der Waals surface area contributed by atoms with E-state index in [9.17, 15) is 0 Å². The molecular formula is C9H17Al. The zero-order valence-corrected chi connectivity index (χ0v) is 8.34. The molecule has 1 heteroatoms. The van der Waals surface area contributed by atoms with Crippen LogP contribution in [-0.2, 0) is 0 Å². The van der Waals surface area contributed by atoms with E-state index in [4.69, 9.17) is 0 Å². The van der Waals surface area contributed by atoms with Gasteiger partial charge in [-0.05, 0) is 19.8 Å². The predicted octanol–water partition coefficient (Wildman–Crippen LogP) is 3.03. The van der Waals surface area contributed by atoms with Gasteiger partial charge in [-0.2, -0.15) is 4.94 Å². The Labute approximate surface area is 73.1 Å². The largest absolute Gasteiger partial charge is 0.173 e. The molecule has 0 heterocycles. The van der Waals surface area contributed by atoms with Gasteiger partial charge in [0.1, 0.15) is 0 Å². The maximum Gasteiger partial charge on any atom is 0.162 e. The molecule has 0 amide bonds. The van der Waals surface area contributed by atoms with E-state index in [0.29, 0.717) is 0 Å². The van der Waals surface area contributed by atoms with Crippen molar-refractivity contribution in [2.75, 3.05) is 0 Å². The van der Waals surface area contributed by atoms with Gasteiger partial charge in [0.15, 0.2) is 16.3 Å². The monoisotopic (exact) mass is 152 g/mol. The molecule has 0 aromatic heterocycles. The lowest BCUT2D eigenvalue weighted by Gasteiger charge is -1.99. The minimum Gasteiger partial charge on any atom is -0.173 e. The van der Waals surface area contributed by atoms with Gasteiger partial charge in [-0.15, -0.1) is 0 Å². The second-order valence-corrected chi connectivity index (χ2v) is 3.16. The number of allylic oxidation sites excluding steroid dienone is 1. The van der Waals surface area contributed by atoms with Crippen LogP contribution in [0.2, 0.25) is 0 Å². The van der Waals surface area contributed by atoms with E-state index in [1.54, 1.807) is 0 Å². The maximum atomic E-state index is 2.65. The van der Waals surface area contributed by atoms with Crippen LogP contribution in [0.4, 0.5) is 0 Å². The summed E-state index contributed by atoms with van der Waals surface area (Å²) in [7, 11) is 0. The zero-order chi connectivity index (χ0) is 7.82. The molecule has 0 bridgehead atoms. The van der Waals surface area contributed by atoms with E-state index < -0.39 is 0 Å². The average molecular weight is 152 g/mol. The lowest BCUT2D eigenvalue weighted by Crippen LogP contribution is -1.79. The van der Waals surface area contributed by atoms with Crippen molar-refractivity contribution >= 4 is 16.3 Å². The van der Waals surface area contributed by atoms with Crippen molar-refractivity contribution in [1.82, 2.24) is 0 Å². The summed E-state index contributed by atoms with van der Waals surface area (Å²) >= 11 is 2.65. The molecule has 0 saturated heterocycles. The molecule has 0 rings (SSSR count). The Balaban J connectivity index is 3.04. The normalized spacial score (nSPS) is 12.0. The van der Waals surface area contributed by atoms with Crippen LogP contribution in [0.25, 0.3) is 0 Å². The number of hydrogen-bond donors (Lipinski definition) is 0. The molecule has 0 fully saturated rings. The summed E-state index contributed by atoms with van der Waals surface area (Å²) in [6.45, 7) is 4.44. The highest BCUT2D eigenvalue weighted by atomic mass is 27.0. The molecule has 0 aliphatic rings. The summed E-state index contributed by atoms with van der Waals surface area (Å²) < 4.78 is 0. The topological polar surface area (TPSA) is 0 Å². The predicted molar refractivity (Wildman–Crippen MR) is 48.3 cm³/mol. The molecule has 0 N–H and O–H groups in total. The van der Waals surface area contributed by atoms with Gasteiger partial charge in [-0.1, -0.05) is 31.8 Å². The number of rotatable bonds is 5. The molecule has 0 spiro atoms. The quantitative estimate of drug-likeness (QED) is 0.419.